The van der Waals surface area contributed by atoms with Gasteiger partial charge in [0.1, 0.15) is 0 Å². The van der Waals surface area contributed by atoms with E-state index < -0.39 is 0 Å². The van der Waals surface area contributed by atoms with Crippen LogP contribution in [0.3, 0.4) is 0 Å². The second kappa shape index (κ2) is 9.98. The average molecular weight is 458 g/mol. The summed E-state index contributed by atoms with van der Waals surface area (Å²) in [4.78, 5) is 18.7. The van der Waals surface area contributed by atoms with Gasteiger partial charge in [-0.3, -0.25) is 4.79 Å². The van der Waals surface area contributed by atoms with Crippen molar-refractivity contribution in [1.82, 2.24) is 10.3 Å². The lowest BCUT2D eigenvalue weighted by Crippen LogP contribution is -2.41. The van der Waals surface area contributed by atoms with E-state index in [1.807, 2.05) is 30.3 Å². The molecule has 0 amide bonds. The highest BCUT2D eigenvalue weighted by Crippen LogP contribution is 2.33. The first-order valence-corrected chi connectivity index (χ1v) is 11.9. The average Bonchev–Trinajstić information content (AvgIpc) is 3.21. The van der Waals surface area contributed by atoms with Gasteiger partial charge in [-0.05, 0) is 55.0 Å². The number of aromatic nitrogens is 1. The number of nitrogens with zero attached hydrogens (tertiary/aromatic N) is 2. The number of benzene rings is 2. The lowest BCUT2D eigenvalue weighted by Gasteiger charge is -2.35. The number of ether oxygens (including phenoxy) is 1. The summed E-state index contributed by atoms with van der Waals surface area (Å²) in [5.74, 6) is 0.430. The number of hydrogen-bond donors (Lipinski definition) is 1. The van der Waals surface area contributed by atoms with Gasteiger partial charge in [-0.25, -0.2) is 4.98 Å². The smallest absolute Gasteiger partial charge is 0.309 e. The van der Waals surface area contributed by atoms with Crippen molar-refractivity contribution in [2.45, 2.75) is 38.8 Å². The van der Waals surface area contributed by atoms with Crippen molar-refractivity contribution in [3.8, 4) is 0 Å². The number of esters is 1. The summed E-state index contributed by atoms with van der Waals surface area (Å²) in [5.41, 5.74) is 3.21. The topological polar surface area (TPSA) is 54.5 Å². The summed E-state index contributed by atoms with van der Waals surface area (Å²) < 4.78 is 5.91. The van der Waals surface area contributed by atoms with Crippen molar-refractivity contribution in [1.29, 1.82) is 0 Å². The van der Waals surface area contributed by atoms with Crippen LogP contribution in [0.15, 0.2) is 42.5 Å². The number of carbonyl (C=O) groups excluding carboxylic acids is 1. The zero-order valence-electron chi connectivity index (χ0n) is 17.9. The Kier molecular flexibility index (Phi) is 7.10. The maximum atomic E-state index is 11.5. The summed E-state index contributed by atoms with van der Waals surface area (Å²) in [6.45, 7) is 5.13. The lowest BCUT2D eigenvalue weighted by atomic mass is 9.90. The second-order valence-corrected chi connectivity index (χ2v) is 9.62. The number of rotatable bonds is 7. The molecule has 1 fully saturated rings. The molecule has 1 N–H and O–H groups in total. The fourth-order valence-corrected chi connectivity index (χ4v) is 5.44. The van der Waals surface area contributed by atoms with Gasteiger partial charge in [-0.2, -0.15) is 0 Å². The Morgan fingerprint density at radius 3 is 2.81 bits per heavy atom. The predicted molar refractivity (Wildman–Crippen MR) is 128 cm³/mol. The SMILES string of the molecule is COC(=O)Cc1cccc(CNC(C)C2CCN(c3nc4ccc(Cl)cc4s3)CC2)c1. The van der Waals surface area contributed by atoms with Crippen LogP contribution in [0.1, 0.15) is 30.9 Å². The first-order chi connectivity index (χ1) is 15.0. The van der Waals surface area contributed by atoms with Crippen molar-refractivity contribution in [3.63, 3.8) is 0 Å². The van der Waals surface area contributed by atoms with E-state index in [2.05, 4.69) is 29.3 Å². The van der Waals surface area contributed by atoms with Crippen LogP contribution >= 0.6 is 22.9 Å². The van der Waals surface area contributed by atoms with E-state index in [-0.39, 0.29) is 5.97 Å². The highest BCUT2D eigenvalue weighted by molar-refractivity contribution is 7.22. The van der Waals surface area contributed by atoms with Gasteiger partial charge in [0.2, 0.25) is 0 Å². The molecule has 2 aromatic carbocycles. The number of carbonyl (C=O) groups is 1. The third-order valence-corrected chi connectivity index (χ3v) is 7.37. The van der Waals surface area contributed by atoms with Crippen LogP contribution in [-0.2, 0) is 22.5 Å². The molecule has 1 saturated heterocycles. The van der Waals surface area contributed by atoms with Gasteiger partial charge < -0.3 is 15.0 Å². The van der Waals surface area contributed by atoms with Crippen LogP contribution in [0.4, 0.5) is 5.13 Å². The molecular formula is C24H28ClN3O2S. The molecule has 31 heavy (non-hydrogen) atoms. The van der Waals surface area contributed by atoms with Gasteiger partial charge in [-0.15, -0.1) is 0 Å². The fraction of sp³-hybridized carbons (Fsp3) is 0.417. The van der Waals surface area contributed by atoms with Crippen LogP contribution in [-0.4, -0.2) is 37.2 Å². The number of piperidine rings is 1. The Morgan fingerprint density at radius 1 is 1.26 bits per heavy atom. The molecule has 7 heteroatoms. The zero-order chi connectivity index (χ0) is 21.8. The van der Waals surface area contributed by atoms with Crippen molar-refractivity contribution < 1.29 is 9.53 Å². The number of nitrogens with one attached hydrogen (secondary N) is 1. The Balaban J connectivity index is 1.28. The standard InChI is InChI=1S/C24H28ClN3O2S/c1-16(26-15-18-5-3-4-17(12-18)13-23(29)30-2)19-8-10-28(11-9-19)24-27-21-7-6-20(25)14-22(21)31-24/h3-7,12,14,16,19,26H,8-11,13,15H2,1-2H3. The largest absolute Gasteiger partial charge is 0.469 e. The van der Waals surface area contributed by atoms with E-state index in [1.54, 1.807) is 11.3 Å². The van der Waals surface area contributed by atoms with Crippen molar-refractivity contribution >= 4 is 44.3 Å². The van der Waals surface area contributed by atoms with Crippen molar-refractivity contribution in [2.75, 3.05) is 25.1 Å². The highest BCUT2D eigenvalue weighted by Gasteiger charge is 2.25. The van der Waals surface area contributed by atoms with E-state index in [0.717, 1.165) is 58.4 Å². The highest BCUT2D eigenvalue weighted by atomic mass is 35.5. The molecule has 0 bridgehead atoms. The second-order valence-electron chi connectivity index (χ2n) is 8.18. The van der Waals surface area contributed by atoms with Crippen LogP contribution in [0.5, 0.6) is 0 Å². The number of fused-ring (bicyclic) bond motifs is 1. The molecule has 0 radical (unpaired) electrons. The Morgan fingerprint density at radius 2 is 2.03 bits per heavy atom. The number of hydrogen-bond acceptors (Lipinski definition) is 6. The van der Waals surface area contributed by atoms with Gasteiger partial charge in [0.05, 0.1) is 23.7 Å². The quantitative estimate of drug-likeness (QED) is 0.502. The zero-order valence-corrected chi connectivity index (χ0v) is 19.5. The van der Waals surface area contributed by atoms with Crippen LogP contribution in [0.2, 0.25) is 5.02 Å². The molecule has 1 aliphatic rings. The first kappa shape index (κ1) is 22.1. The van der Waals surface area contributed by atoms with Crippen LogP contribution < -0.4 is 10.2 Å². The Labute approximate surface area is 192 Å². The number of anilines is 1. The van der Waals surface area contributed by atoms with Crippen molar-refractivity contribution in [3.05, 3.63) is 58.6 Å². The molecule has 164 valence electrons. The normalized spacial score (nSPS) is 15.9. The van der Waals surface area contributed by atoms with Gasteiger partial charge in [0.25, 0.3) is 0 Å². The number of halogens is 1. The third-order valence-electron chi connectivity index (χ3n) is 6.05. The maximum Gasteiger partial charge on any atom is 0.309 e. The molecule has 4 rings (SSSR count). The molecule has 1 unspecified atom stereocenters. The summed E-state index contributed by atoms with van der Waals surface area (Å²) >= 11 is 7.84. The monoisotopic (exact) mass is 457 g/mol. The maximum absolute atomic E-state index is 11.5. The Bertz CT molecular complexity index is 1050. The fourth-order valence-electron chi connectivity index (χ4n) is 4.15. The number of thiazole rings is 1. The van der Waals surface area contributed by atoms with Gasteiger partial charge in [-0.1, -0.05) is 47.2 Å². The molecule has 0 spiro atoms. The van der Waals surface area contributed by atoms with E-state index in [1.165, 1.54) is 12.7 Å². The van der Waals surface area contributed by atoms with E-state index in [9.17, 15) is 4.79 Å². The summed E-state index contributed by atoms with van der Waals surface area (Å²) in [6, 6.07) is 14.5. The van der Waals surface area contributed by atoms with Gasteiger partial charge >= 0.3 is 5.97 Å². The summed E-state index contributed by atoms with van der Waals surface area (Å²) in [5, 5.41) is 5.54. The minimum absolute atomic E-state index is 0.207. The molecule has 2 heterocycles. The molecule has 5 nitrogen and oxygen atoms in total. The van der Waals surface area contributed by atoms with E-state index in [4.69, 9.17) is 21.3 Å². The Hall–Kier alpha value is -2.15. The van der Waals surface area contributed by atoms with Crippen LogP contribution in [0.25, 0.3) is 10.2 Å². The predicted octanol–water partition coefficient (Wildman–Crippen LogP) is 5.06. The molecule has 0 saturated carbocycles. The first-order valence-electron chi connectivity index (χ1n) is 10.7. The lowest BCUT2D eigenvalue weighted by molar-refractivity contribution is -0.139. The summed E-state index contributed by atoms with van der Waals surface area (Å²) in [6.07, 6.45) is 2.61. The van der Waals surface area contributed by atoms with Gasteiger partial charge in [0.15, 0.2) is 5.13 Å². The molecule has 3 aromatic rings. The molecular weight excluding hydrogens is 430 g/mol. The minimum atomic E-state index is -0.207. The molecule has 0 aliphatic carbocycles. The van der Waals surface area contributed by atoms with E-state index in [0.29, 0.717) is 18.4 Å². The van der Waals surface area contributed by atoms with Crippen molar-refractivity contribution in [2.24, 2.45) is 5.92 Å². The molecule has 1 aliphatic heterocycles. The van der Waals surface area contributed by atoms with Gasteiger partial charge in [0, 0.05) is 30.7 Å². The van der Waals surface area contributed by atoms with Crippen LogP contribution in [0, 0.1) is 5.92 Å². The van der Waals surface area contributed by atoms with E-state index >= 15 is 0 Å². The minimum Gasteiger partial charge on any atom is -0.469 e. The molecule has 1 atom stereocenters. The summed E-state index contributed by atoms with van der Waals surface area (Å²) in [7, 11) is 1.42. The molecule has 1 aromatic heterocycles. The number of methoxy groups -OCH3 is 1. The third kappa shape index (κ3) is 5.56.